The number of benzene rings is 1. The van der Waals surface area contributed by atoms with Crippen LogP contribution in [0.5, 0.6) is 11.5 Å². The molecule has 2 aliphatic rings. The summed E-state index contributed by atoms with van der Waals surface area (Å²) in [7, 11) is 0. The van der Waals surface area contributed by atoms with Crippen LogP contribution in [0.15, 0.2) is 39.6 Å². The van der Waals surface area contributed by atoms with E-state index in [0.717, 1.165) is 5.70 Å². The summed E-state index contributed by atoms with van der Waals surface area (Å²) in [6.45, 7) is 7.60. The van der Waals surface area contributed by atoms with Crippen molar-refractivity contribution in [2.24, 2.45) is 5.92 Å². The first-order chi connectivity index (χ1) is 13.7. The first-order valence-electron chi connectivity index (χ1n) is 9.81. The lowest BCUT2D eigenvalue weighted by atomic mass is 9.71. The standard InChI is InChI=1S/C22H26BrNO5/c1-5-28-17-10-13(9-14(23)21(17)26)19-18(22(27)29-11(2)3)12(4)24-15-7-6-8-16(25)20(15)19/h7,9-11,19-20,24,26H,5-6,8H2,1-4H3. The highest BCUT2D eigenvalue weighted by atomic mass is 79.9. The number of aromatic hydroxyl groups is 1. The normalized spacial score (nSPS) is 21.4. The van der Waals surface area contributed by atoms with Gasteiger partial charge in [0.1, 0.15) is 5.78 Å². The Bertz CT molecular complexity index is 903. The minimum atomic E-state index is -0.530. The van der Waals surface area contributed by atoms with Crippen molar-refractivity contribution in [3.8, 4) is 11.5 Å². The van der Waals surface area contributed by atoms with Gasteiger partial charge in [0, 0.05) is 23.7 Å². The molecule has 0 amide bonds. The molecular formula is C22H26BrNO5. The van der Waals surface area contributed by atoms with E-state index in [1.54, 1.807) is 26.0 Å². The van der Waals surface area contributed by atoms with Crippen LogP contribution in [0.3, 0.4) is 0 Å². The van der Waals surface area contributed by atoms with Crippen molar-refractivity contribution in [1.82, 2.24) is 5.32 Å². The first-order valence-corrected chi connectivity index (χ1v) is 10.6. The number of carbonyl (C=O) groups excluding carboxylic acids is 2. The van der Waals surface area contributed by atoms with Crippen molar-refractivity contribution >= 4 is 27.7 Å². The molecule has 0 spiro atoms. The van der Waals surface area contributed by atoms with Crippen LogP contribution >= 0.6 is 15.9 Å². The summed E-state index contributed by atoms with van der Waals surface area (Å²) in [4.78, 5) is 25.9. The van der Waals surface area contributed by atoms with Crippen LogP contribution in [0.2, 0.25) is 0 Å². The third-order valence-electron chi connectivity index (χ3n) is 5.09. The number of allylic oxidation sites excluding steroid dienone is 3. The molecule has 2 atom stereocenters. The summed E-state index contributed by atoms with van der Waals surface area (Å²) < 4.78 is 11.5. The third-order valence-corrected chi connectivity index (χ3v) is 5.69. The molecule has 29 heavy (non-hydrogen) atoms. The fourth-order valence-electron chi connectivity index (χ4n) is 3.96. The van der Waals surface area contributed by atoms with Crippen molar-refractivity contribution in [1.29, 1.82) is 0 Å². The lowest BCUT2D eigenvalue weighted by Gasteiger charge is -2.38. The number of esters is 1. The number of Topliss-reactive ketones (excluding diaryl/α,β-unsaturated/α-hetero) is 1. The van der Waals surface area contributed by atoms with E-state index in [-0.39, 0.29) is 17.6 Å². The molecule has 1 aromatic rings. The smallest absolute Gasteiger partial charge is 0.336 e. The molecule has 0 radical (unpaired) electrons. The number of fused-ring (bicyclic) bond motifs is 1. The fourth-order valence-corrected chi connectivity index (χ4v) is 4.42. The minimum absolute atomic E-state index is 0.0118. The molecule has 1 aliphatic heterocycles. The maximum atomic E-state index is 13.0. The Labute approximate surface area is 179 Å². The maximum absolute atomic E-state index is 13.0. The van der Waals surface area contributed by atoms with Crippen molar-refractivity contribution in [3.05, 3.63) is 45.2 Å². The van der Waals surface area contributed by atoms with E-state index in [2.05, 4.69) is 21.2 Å². The SMILES string of the molecule is CCOc1cc(C2C(C(=O)OC(C)C)=C(C)NC3=CCCC(=O)C32)cc(Br)c1O. The van der Waals surface area contributed by atoms with Gasteiger partial charge >= 0.3 is 5.97 Å². The average molecular weight is 464 g/mol. The van der Waals surface area contributed by atoms with Crippen LogP contribution in [-0.2, 0) is 14.3 Å². The number of ether oxygens (including phenoxy) is 2. The summed E-state index contributed by atoms with van der Waals surface area (Å²) >= 11 is 3.37. The lowest BCUT2D eigenvalue weighted by Crippen LogP contribution is -2.41. The van der Waals surface area contributed by atoms with Crippen LogP contribution in [0.25, 0.3) is 0 Å². The van der Waals surface area contributed by atoms with Crippen LogP contribution in [0, 0.1) is 5.92 Å². The zero-order chi connectivity index (χ0) is 21.3. The number of phenolic OH excluding ortho intramolecular Hbond substituents is 1. The molecule has 0 aromatic heterocycles. The molecule has 1 aliphatic carbocycles. The highest BCUT2D eigenvalue weighted by molar-refractivity contribution is 9.10. The lowest BCUT2D eigenvalue weighted by molar-refractivity contribution is -0.143. The van der Waals surface area contributed by atoms with Crippen molar-refractivity contribution in [3.63, 3.8) is 0 Å². The Kier molecular flexibility index (Phi) is 6.36. The topological polar surface area (TPSA) is 84.9 Å². The van der Waals surface area contributed by atoms with Crippen LogP contribution in [0.4, 0.5) is 0 Å². The molecular weight excluding hydrogens is 438 g/mol. The Morgan fingerprint density at radius 2 is 2.07 bits per heavy atom. The Hall–Kier alpha value is -2.28. The van der Waals surface area contributed by atoms with Gasteiger partial charge in [-0.2, -0.15) is 0 Å². The summed E-state index contributed by atoms with van der Waals surface area (Å²) in [5.74, 6) is -1.12. The highest BCUT2D eigenvalue weighted by Crippen LogP contribution is 2.47. The minimum Gasteiger partial charge on any atom is -0.503 e. The Balaban J connectivity index is 2.20. The molecule has 3 rings (SSSR count). The van der Waals surface area contributed by atoms with Gasteiger partial charge in [-0.25, -0.2) is 4.79 Å². The number of hydrogen-bond acceptors (Lipinski definition) is 6. The molecule has 2 N–H and O–H groups in total. The molecule has 2 unspecified atom stereocenters. The zero-order valence-electron chi connectivity index (χ0n) is 17.0. The molecule has 1 aromatic carbocycles. The molecule has 7 heteroatoms. The molecule has 1 heterocycles. The second-order valence-electron chi connectivity index (χ2n) is 7.52. The van der Waals surface area contributed by atoms with Gasteiger partial charge < -0.3 is 19.9 Å². The second-order valence-corrected chi connectivity index (χ2v) is 8.37. The number of phenols is 1. The molecule has 156 valence electrons. The van der Waals surface area contributed by atoms with E-state index >= 15 is 0 Å². The number of carbonyl (C=O) groups is 2. The van der Waals surface area contributed by atoms with Crippen LogP contribution in [-0.4, -0.2) is 29.6 Å². The number of hydrogen-bond donors (Lipinski definition) is 2. The van der Waals surface area contributed by atoms with Crippen LogP contribution in [0.1, 0.15) is 52.0 Å². The summed E-state index contributed by atoms with van der Waals surface area (Å²) in [5, 5.41) is 13.6. The van der Waals surface area contributed by atoms with E-state index in [1.165, 1.54) is 0 Å². The number of nitrogens with one attached hydrogen (secondary N) is 1. The van der Waals surface area contributed by atoms with E-state index in [1.807, 2.05) is 19.9 Å². The van der Waals surface area contributed by atoms with Gasteiger partial charge in [0.05, 0.1) is 28.7 Å². The largest absolute Gasteiger partial charge is 0.503 e. The highest BCUT2D eigenvalue weighted by Gasteiger charge is 2.43. The average Bonchev–Trinajstić information content (AvgIpc) is 2.63. The third kappa shape index (κ3) is 4.20. The van der Waals surface area contributed by atoms with Crippen LogP contribution < -0.4 is 10.1 Å². The monoisotopic (exact) mass is 463 g/mol. The summed E-state index contributed by atoms with van der Waals surface area (Å²) in [6, 6.07) is 3.44. The Morgan fingerprint density at radius 3 is 2.72 bits per heavy atom. The van der Waals surface area contributed by atoms with Gasteiger partial charge in [-0.3, -0.25) is 4.79 Å². The maximum Gasteiger partial charge on any atom is 0.336 e. The Morgan fingerprint density at radius 1 is 1.34 bits per heavy atom. The van der Waals surface area contributed by atoms with Gasteiger partial charge in [0.15, 0.2) is 11.5 Å². The van der Waals surface area contributed by atoms with Gasteiger partial charge in [0.25, 0.3) is 0 Å². The molecule has 6 nitrogen and oxygen atoms in total. The number of rotatable bonds is 5. The number of halogens is 1. The fraction of sp³-hybridized carbons (Fsp3) is 0.455. The zero-order valence-corrected chi connectivity index (χ0v) is 18.6. The van der Waals surface area contributed by atoms with Gasteiger partial charge in [-0.05, 0) is 67.7 Å². The first kappa shape index (κ1) is 21.4. The van der Waals surface area contributed by atoms with E-state index in [0.29, 0.717) is 46.5 Å². The van der Waals surface area contributed by atoms with E-state index in [9.17, 15) is 14.7 Å². The van der Waals surface area contributed by atoms with Gasteiger partial charge in [-0.1, -0.05) is 6.08 Å². The van der Waals surface area contributed by atoms with Crippen molar-refractivity contribution < 1.29 is 24.2 Å². The molecule has 0 saturated carbocycles. The second kappa shape index (κ2) is 8.61. The van der Waals surface area contributed by atoms with E-state index in [4.69, 9.17) is 9.47 Å². The molecule has 0 bridgehead atoms. The summed E-state index contributed by atoms with van der Waals surface area (Å²) in [6.07, 6.45) is 2.84. The molecule has 0 saturated heterocycles. The quantitative estimate of drug-likeness (QED) is 0.632. The van der Waals surface area contributed by atoms with Crippen molar-refractivity contribution in [2.45, 2.75) is 52.6 Å². The van der Waals surface area contributed by atoms with Crippen molar-refractivity contribution in [2.75, 3.05) is 6.61 Å². The van der Waals surface area contributed by atoms with Gasteiger partial charge in [-0.15, -0.1) is 0 Å². The molecule has 0 fully saturated rings. The predicted molar refractivity (Wildman–Crippen MR) is 113 cm³/mol. The number of ketones is 1. The predicted octanol–water partition coefficient (Wildman–Crippen LogP) is 4.33. The van der Waals surface area contributed by atoms with Gasteiger partial charge in [0.2, 0.25) is 0 Å². The van der Waals surface area contributed by atoms with E-state index < -0.39 is 17.8 Å². The summed E-state index contributed by atoms with van der Waals surface area (Å²) in [5.41, 5.74) is 2.61.